The molecule has 0 atom stereocenters. The monoisotopic (exact) mass is 307 g/mol. The zero-order chi connectivity index (χ0) is 16.4. The fourth-order valence-electron chi connectivity index (χ4n) is 2.53. The van der Waals surface area contributed by atoms with Gasteiger partial charge in [0.2, 0.25) is 0 Å². The Balaban J connectivity index is 1.84. The van der Waals surface area contributed by atoms with Crippen LogP contribution < -0.4 is 0 Å². The van der Waals surface area contributed by atoms with Gasteiger partial charge >= 0.3 is 5.97 Å². The maximum absolute atomic E-state index is 12.3. The van der Waals surface area contributed by atoms with Crippen molar-refractivity contribution in [3.63, 3.8) is 0 Å². The van der Waals surface area contributed by atoms with Crippen molar-refractivity contribution in [3.05, 3.63) is 76.9 Å². The maximum atomic E-state index is 12.3. The first-order valence-electron chi connectivity index (χ1n) is 7.01. The summed E-state index contributed by atoms with van der Waals surface area (Å²) in [5.41, 5.74) is 2.28. The molecule has 1 aliphatic heterocycles. The first-order chi connectivity index (χ1) is 11.1. The third-order valence-electron chi connectivity index (χ3n) is 3.59. The van der Waals surface area contributed by atoms with Crippen LogP contribution in [0.25, 0.3) is 6.08 Å². The average molecular weight is 307 g/mol. The highest BCUT2D eigenvalue weighted by atomic mass is 16.4. The zero-order valence-corrected chi connectivity index (χ0v) is 12.1. The third-order valence-corrected chi connectivity index (χ3v) is 3.59. The van der Waals surface area contributed by atoms with E-state index in [1.807, 2.05) is 0 Å². The number of aliphatic carboxylic acids is 1. The molecule has 2 aromatic rings. The van der Waals surface area contributed by atoms with E-state index in [0.29, 0.717) is 16.7 Å². The van der Waals surface area contributed by atoms with Crippen LogP contribution >= 0.6 is 0 Å². The van der Waals surface area contributed by atoms with Crippen LogP contribution in [0, 0.1) is 0 Å². The Hall–Kier alpha value is -3.21. The van der Waals surface area contributed by atoms with Gasteiger partial charge in [0.05, 0.1) is 17.7 Å². The molecule has 0 bridgehead atoms. The quantitative estimate of drug-likeness (QED) is 0.696. The lowest BCUT2D eigenvalue weighted by molar-refractivity contribution is -0.131. The summed E-state index contributed by atoms with van der Waals surface area (Å²) >= 11 is 0. The average Bonchev–Trinajstić information content (AvgIpc) is 2.79. The van der Waals surface area contributed by atoms with Crippen LogP contribution in [0.5, 0.6) is 0 Å². The Kier molecular flexibility index (Phi) is 3.76. The molecule has 114 valence electrons. The van der Waals surface area contributed by atoms with Crippen molar-refractivity contribution in [2.75, 3.05) is 0 Å². The second-order valence-corrected chi connectivity index (χ2v) is 5.16. The fourth-order valence-corrected chi connectivity index (χ4v) is 2.53. The number of imide groups is 1. The van der Waals surface area contributed by atoms with Crippen molar-refractivity contribution in [2.24, 2.45) is 0 Å². The third kappa shape index (κ3) is 2.89. The first-order valence-corrected chi connectivity index (χ1v) is 7.01. The summed E-state index contributed by atoms with van der Waals surface area (Å²) < 4.78 is 0. The highest BCUT2D eigenvalue weighted by molar-refractivity contribution is 6.21. The number of amides is 2. The van der Waals surface area contributed by atoms with Gasteiger partial charge in [0.15, 0.2) is 0 Å². The molecule has 0 saturated carbocycles. The molecule has 23 heavy (non-hydrogen) atoms. The summed E-state index contributed by atoms with van der Waals surface area (Å²) in [6.07, 6.45) is 2.51. The maximum Gasteiger partial charge on any atom is 0.328 e. The molecule has 3 rings (SSSR count). The number of hydrogen-bond donors (Lipinski definition) is 1. The van der Waals surface area contributed by atoms with Crippen molar-refractivity contribution in [2.45, 2.75) is 6.54 Å². The SMILES string of the molecule is O=C(O)/C=C/c1cccc(CN2C(=O)c3ccccc3C2=O)c1. The minimum Gasteiger partial charge on any atom is -0.478 e. The van der Waals surface area contributed by atoms with Crippen LogP contribution in [0.3, 0.4) is 0 Å². The van der Waals surface area contributed by atoms with Crippen LogP contribution in [0.2, 0.25) is 0 Å². The van der Waals surface area contributed by atoms with Crippen molar-refractivity contribution in [1.29, 1.82) is 0 Å². The molecule has 1 N–H and O–H groups in total. The first kappa shape index (κ1) is 14.7. The zero-order valence-electron chi connectivity index (χ0n) is 12.1. The van der Waals surface area contributed by atoms with Gasteiger partial charge in [0.25, 0.3) is 11.8 Å². The number of carbonyl (C=O) groups is 3. The predicted octanol–water partition coefficient (Wildman–Crippen LogP) is 2.58. The lowest BCUT2D eigenvalue weighted by atomic mass is 10.1. The Morgan fingerprint density at radius 2 is 1.65 bits per heavy atom. The van der Waals surface area contributed by atoms with E-state index in [-0.39, 0.29) is 18.4 Å². The van der Waals surface area contributed by atoms with Gasteiger partial charge in [-0.05, 0) is 35.4 Å². The van der Waals surface area contributed by atoms with E-state index < -0.39 is 5.97 Å². The van der Waals surface area contributed by atoms with Crippen molar-refractivity contribution < 1.29 is 19.5 Å². The minimum absolute atomic E-state index is 0.154. The summed E-state index contributed by atoms with van der Waals surface area (Å²) in [4.78, 5) is 36.4. The number of fused-ring (bicyclic) bond motifs is 1. The molecule has 5 nitrogen and oxygen atoms in total. The minimum atomic E-state index is -1.03. The van der Waals surface area contributed by atoms with E-state index in [1.54, 1.807) is 48.5 Å². The number of carboxylic acids is 1. The van der Waals surface area contributed by atoms with E-state index in [4.69, 9.17) is 5.11 Å². The van der Waals surface area contributed by atoms with Crippen LogP contribution in [0.1, 0.15) is 31.8 Å². The van der Waals surface area contributed by atoms with Gasteiger partial charge in [-0.3, -0.25) is 14.5 Å². The topological polar surface area (TPSA) is 74.7 Å². The summed E-state index contributed by atoms with van der Waals surface area (Å²) in [5, 5.41) is 8.66. The summed E-state index contributed by atoms with van der Waals surface area (Å²) in [5.74, 6) is -1.65. The number of carboxylic acid groups (broad SMARTS) is 1. The Labute approximate surface area is 132 Å². The molecular formula is C18H13NO4. The largest absolute Gasteiger partial charge is 0.478 e. The van der Waals surface area contributed by atoms with Crippen molar-refractivity contribution in [3.8, 4) is 0 Å². The van der Waals surface area contributed by atoms with Gasteiger partial charge < -0.3 is 5.11 Å². The normalized spacial score (nSPS) is 13.7. The van der Waals surface area contributed by atoms with E-state index >= 15 is 0 Å². The van der Waals surface area contributed by atoms with Crippen LogP contribution in [-0.4, -0.2) is 27.8 Å². The predicted molar refractivity (Wildman–Crippen MR) is 83.8 cm³/mol. The summed E-state index contributed by atoms with van der Waals surface area (Å²) in [6, 6.07) is 13.8. The molecule has 0 spiro atoms. The van der Waals surface area contributed by atoms with Crippen molar-refractivity contribution in [1.82, 2.24) is 4.90 Å². The molecule has 5 heteroatoms. The Morgan fingerprint density at radius 1 is 1.00 bits per heavy atom. The second kappa shape index (κ2) is 5.88. The standard InChI is InChI=1S/C18H13NO4/c20-16(21)9-8-12-4-3-5-13(10-12)11-19-17(22)14-6-1-2-7-15(14)18(19)23/h1-10H,11H2,(H,20,21)/b9-8+. The molecule has 2 aromatic carbocycles. The second-order valence-electron chi connectivity index (χ2n) is 5.16. The highest BCUT2D eigenvalue weighted by Crippen LogP contribution is 2.24. The van der Waals surface area contributed by atoms with Gasteiger partial charge in [-0.15, -0.1) is 0 Å². The molecule has 0 fully saturated rings. The molecular weight excluding hydrogens is 294 g/mol. The molecule has 0 radical (unpaired) electrons. The van der Waals surface area contributed by atoms with E-state index in [2.05, 4.69) is 0 Å². The summed E-state index contributed by atoms with van der Waals surface area (Å²) in [7, 11) is 0. The number of nitrogens with zero attached hydrogens (tertiary/aromatic N) is 1. The Morgan fingerprint density at radius 3 is 2.26 bits per heavy atom. The summed E-state index contributed by atoms with van der Waals surface area (Å²) in [6.45, 7) is 0.154. The number of carbonyl (C=O) groups excluding carboxylic acids is 2. The Bertz CT molecular complexity index is 803. The molecule has 2 amide bonds. The highest BCUT2D eigenvalue weighted by Gasteiger charge is 2.34. The van der Waals surface area contributed by atoms with Crippen LogP contribution in [-0.2, 0) is 11.3 Å². The molecule has 0 aliphatic carbocycles. The van der Waals surface area contributed by atoms with E-state index in [1.165, 1.54) is 11.0 Å². The van der Waals surface area contributed by atoms with E-state index in [9.17, 15) is 14.4 Å². The van der Waals surface area contributed by atoms with Crippen LogP contribution in [0.4, 0.5) is 0 Å². The smallest absolute Gasteiger partial charge is 0.328 e. The van der Waals surface area contributed by atoms with Gasteiger partial charge in [-0.1, -0.05) is 30.3 Å². The number of hydrogen-bond acceptors (Lipinski definition) is 3. The molecule has 1 heterocycles. The number of benzene rings is 2. The van der Waals surface area contributed by atoms with Gasteiger partial charge in [-0.2, -0.15) is 0 Å². The van der Waals surface area contributed by atoms with Crippen LogP contribution in [0.15, 0.2) is 54.6 Å². The van der Waals surface area contributed by atoms with E-state index in [0.717, 1.165) is 11.6 Å². The molecule has 0 aromatic heterocycles. The fraction of sp³-hybridized carbons (Fsp3) is 0.0556. The van der Waals surface area contributed by atoms with Gasteiger partial charge in [0.1, 0.15) is 0 Å². The lowest BCUT2D eigenvalue weighted by Gasteiger charge is -2.14. The van der Waals surface area contributed by atoms with Gasteiger partial charge in [-0.25, -0.2) is 4.79 Å². The molecule has 0 saturated heterocycles. The lowest BCUT2D eigenvalue weighted by Crippen LogP contribution is -2.29. The molecule has 0 unspecified atom stereocenters. The van der Waals surface area contributed by atoms with Crippen molar-refractivity contribution >= 4 is 23.9 Å². The number of rotatable bonds is 4. The molecule has 1 aliphatic rings. The van der Waals surface area contributed by atoms with Gasteiger partial charge in [0, 0.05) is 6.08 Å².